The number of hydrogen-bond donors (Lipinski definition) is 2. The predicted molar refractivity (Wildman–Crippen MR) is 107 cm³/mol. The molecule has 0 aliphatic carbocycles. The standard InChI is InChI=1S/C21H21FN4O3/c1-28-15-7-8-17(19(13-15)29-2)25-21-24-12-10-18(26-21)20(27)23-11-9-14-5-3-4-6-16(14)22/h3-8,10,12-13H,9,11H2,1-2H3,(H,23,27)(H,24,25,26). The second-order valence-corrected chi connectivity index (χ2v) is 6.05. The second-order valence-electron chi connectivity index (χ2n) is 6.05. The van der Waals surface area contributed by atoms with Crippen molar-refractivity contribution in [2.24, 2.45) is 0 Å². The lowest BCUT2D eigenvalue weighted by Crippen LogP contribution is -2.27. The number of carbonyl (C=O) groups excluding carboxylic acids is 1. The SMILES string of the molecule is COc1ccc(Nc2nccc(C(=O)NCCc3ccccc3F)n2)c(OC)c1. The Bertz CT molecular complexity index is 997. The van der Waals surface area contributed by atoms with Gasteiger partial charge in [0.15, 0.2) is 0 Å². The van der Waals surface area contributed by atoms with Gasteiger partial charge in [-0.25, -0.2) is 14.4 Å². The molecule has 0 spiro atoms. The summed E-state index contributed by atoms with van der Waals surface area (Å²) in [6.07, 6.45) is 1.87. The Morgan fingerprint density at radius 2 is 1.93 bits per heavy atom. The molecule has 2 N–H and O–H groups in total. The molecule has 0 atom stereocenters. The third-order valence-electron chi connectivity index (χ3n) is 4.18. The number of hydrogen-bond acceptors (Lipinski definition) is 6. The van der Waals surface area contributed by atoms with Gasteiger partial charge in [-0.3, -0.25) is 4.79 Å². The maximum atomic E-state index is 13.6. The molecule has 0 unspecified atom stereocenters. The zero-order valence-corrected chi connectivity index (χ0v) is 16.1. The van der Waals surface area contributed by atoms with Gasteiger partial charge in [-0.1, -0.05) is 18.2 Å². The Morgan fingerprint density at radius 3 is 2.69 bits per heavy atom. The number of nitrogens with zero attached hydrogens (tertiary/aromatic N) is 2. The van der Waals surface area contributed by atoms with E-state index in [-0.39, 0.29) is 23.4 Å². The molecule has 0 aliphatic heterocycles. The third kappa shape index (κ3) is 5.19. The minimum atomic E-state index is -0.367. The molecule has 0 saturated heterocycles. The molecule has 3 rings (SSSR count). The van der Waals surface area contributed by atoms with E-state index in [0.29, 0.717) is 35.7 Å². The van der Waals surface area contributed by atoms with Gasteiger partial charge in [0, 0.05) is 18.8 Å². The molecule has 0 saturated carbocycles. The van der Waals surface area contributed by atoms with Crippen molar-refractivity contribution in [3.63, 3.8) is 0 Å². The zero-order valence-electron chi connectivity index (χ0n) is 16.1. The number of rotatable bonds is 8. The van der Waals surface area contributed by atoms with E-state index in [0.717, 1.165) is 0 Å². The lowest BCUT2D eigenvalue weighted by Gasteiger charge is -2.12. The molecule has 0 fully saturated rings. The van der Waals surface area contributed by atoms with Gasteiger partial charge >= 0.3 is 0 Å². The minimum absolute atomic E-state index is 0.198. The van der Waals surface area contributed by atoms with Crippen LogP contribution in [0.3, 0.4) is 0 Å². The minimum Gasteiger partial charge on any atom is -0.497 e. The third-order valence-corrected chi connectivity index (χ3v) is 4.18. The average molecular weight is 396 g/mol. The maximum Gasteiger partial charge on any atom is 0.270 e. The van der Waals surface area contributed by atoms with E-state index >= 15 is 0 Å². The van der Waals surface area contributed by atoms with Crippen LogP contribution in [0.2, 0.25) is 0 Å². The molecule has 1 heterocycles. The summed E-state index contributed by atoms with van der Waals surface area (Å²) in [5.74, 6) is 0.788. The van der Waals surface area contributed by atoms with Gasteiger partial charge in [0.1, 0.15) is 23.0 Å². The van der Waals surface area contributed by atoms with Crippen LogP contribution in [0.25, 0.3) is 0 Å². The number of carbonyl (C=O) groups is 1. The molecule has 1 aromatic heterocycles. The van der Waals surface area contributed by atoms with E-state index in [1.807, 2.05) is 0 Å². The summed E-state index contributed by atoms with van der Waals surface area (Å²) >= 11 is 0. The predicted octanol–water partition coefficient (Wildman–Crippen LogP) is 3.35. The molecular weight excluding hydrogens is 375 g/mol. The van der Waals surface area contributed by atoms with Crippen LogP contribution in [-0.4, -0.2) is 36.6 Å². The molecule has 0 bridgehead atoms. The van der Waals surface area contributed by atoms with Crippen LogP contribution in [0.1, 0.15) is 16.1 Å². The van der Waals surface area contributed by atoms with Crippen molar-refractivity contribution in [2.75, 3.05) is 26.1 Å². The van der Waals surface area contributed by atoms with Crippen LogP contribution in [0.5, 0.6) is 11.5 Å². The quantitative estimate of drug-likeness (QED) is 0.607. The second kappa shape index (κ2) is 9.50. The van der Waals surface area contributed by atoms with Crippen LogP contribution in [0.15, 0.2) is 54.7 Å². The number of benzene rings is 2. The van der Waals surface area contributed by atoms with Gasteiger partial charge in [-0.15, -0.1) is 0 Å². The highest BCUT2D eigenvalue weighted by Crippen LogP contribution is 2.30. The van der Waals surface area contributed by atoms with E-state index in [4.69, 9.17) is 9.47 Å². The Morgan fingerprint density at radius 1 is 1.10 bits per heavy atom. The van der Waals surface area contributed by atoms with Gasteiger partial charge in [0.05, 0.1) is 19.9 Å². The molecule has 8 heteroatoms. The highest BCUT2D eigenvalue weighted by Gasteiger charge is 2.11. The summed E-state index contributed by atoms with van der Waals surface area (Å²) < 4.78 is 24.2. The Balaban J connectivity index is 1.64. The smallest absolute Gasteiger partial charge is 0.270 e. The van der Waals surface area contributed by atoms with Crippen molar-refractivity contribution in [2.45, 2.75) is 6.42 Å². The first-order chi connectivity index (χ1) is 14.1. The van der Waals surface area contributed by atoms with E-state index in [1.54, 1.807) is 50.6 Å². The largest absolute Gasteiger partial charge is 0.497 e. The molecule has 150 valence electrons. The highest BCUT2D eigenvalue weighted by atomic mass is 19.1. The van der Waals surface area contributed by atoms with Gasteiger partial charge in [0.2, 0.25) is 5.95 Å². The van der Waals surface area contributed by atoms with E-state index in [1.165, 1.54) is 18.3 Å². The maximum absolute atomic E-state index is 13.6. The Hall–Kier alpha value is -3.68. The summed E-state index contributed by atoms with van der Waals surface area (Å²) in [4.78, 5) is 20.7. The molecule has 0 radical (unpaired) electrons. The highest BCUT2D eigenvalue weighted by molar-refractivity contribution is 5.92. The van der Waals surface area contributed by atoms with Crippen molar-refractivity contribution in [1.29, 1.82) is 0 Å². The van der Waals surface area contributed by atoms with Gasteiger partial charge in [-0.2, -0.15) is 0 Å². The van der Waals surface area contributed by atoms with Crippen LogP contribution < -0.4 is 20.1 Å². The average Bonchev–Trinajstić information content (AvgIpc) is 2.75. The number of anilines is 2. The summed E-state index contributed by atoms with van der Waals surface area (Å²) in [6, 6.07) is 13.2. The molecule has 3 aromatic rings. The van der Waals surface area contributed by atoms with Gasteiger partial charge in [-0.05, 0) is 36.2 Å². The van der Waals surface area contributed by atoms with Crippen molar-refractivity contribution >= 4 is 17.5 Å². The topological polar surface area (TPSA) is 85.4 Å². The fourth-order valence-corrected chi connectivity index (χ4v) is 2.67. The number of nitrogens with one attached hydrogen (secondary N) is 2. The molecular formula is C21H21FN4O3. The van der Waals surface area contributed by atoms with Crippen molar-refractivity contribution in [3.05, 3.63) is 71.8 Å². The normalized spacial score (nSPS) is 10.3. The molecule has 7 nitrogen and oxygen atoms in total. The first-order valence-electron chi connectivity index (χ1n) is 8.94. The van der Waals surface area contributed by atoms with Crippen LogP contribution in [-0.2, 0) is 6.42 Å². The summed E-state index contributed by atoms with van der Waals surface area (Å²) in [5.41, 5.74) is 1.37. The van der Waals surface area contributed by atoms with Crippen LogP contribution in [0.4, 0.5) is 16.0 Å². The first kappa shape index (κ1) is 20.1. The summed E-state index contributed by atoms with van der Waals surface area (Å²) in [7, 11) is 3.11. The van der Waals surface area contributed by atoms with Gasteiger partial charge in [0.25, 0.3) is 5.91 Å². The van der Waals surface area contributed by atoms with Crippen LogP contribution >= 0.6 is 0 Å². The first-order valence-corrected chi connectivity index (χ1v) is 8.94. The Labute approximate surface area is 167 Å². The van der Waals surface area contributed by atoms with Crippen molar-refractivity contribution < 1.29 is 18.7 Å². The number of halogens is 1. The fraction of sp³-hybridized carbons (Fsp3) is 0.190. The van der Waals surface area contributed by atoms with Crippen molar-refractivity contribution in [3.8, 4) is 11.5 Å². The number of methoxy groups -OCH3 is 2. The van der Waals surface area contributed by atoms with Gasteiger partial charge < -0.3 is 20.1 Å². The molecule has 29 heavy (non-hydrogen) atoms. The monoisotopic (exact) mass is 396 g/mol. The van der Waals surface area contributed by atoms with E-state index in [9.17, 15) is 9.18 Å². The lowest BCUT2D eigenvalue weighted by molar-refractivity contribution is 0.0949. The van der Waals surface area contributed by atoms with Crippen molar-refractivity contribution in [1.82, 2.24) is 15.3 Å². The van der Waals surface area contributed by atoms with Crippen LogP contribution in [0, 0.1) is 5.82 Å². The fourth-order valence-electron chi connectivity index (χ4n) is 2.67. The summed E-state index contributed by atoms with van der Waals surface area (Å²) in [6.45, 7) is 0.291. The summed E-state index contributed by atoms with van der Waals surface area (Å²) in [5, 5.41) is 5.77. The Kier molecular flexibility index (Phi) is 6.57. The van der Waals surface area contributed by atoms with E-state index in [2.05, 4.69) is 20.6 Å². The number of aromatic nitrogens is 2. The molecule has 0 aliphatic rings. The number of ether oxygens (including phenoxy) is 2. The molecule has 1 amide bonds. The number of amides is 1. The zero-order chi connectivity index (χ0) is 20.6. The lowest BCUT2D eigenvalue weighted by atomic mass is 10.1. The molecule has 2 aromatic carbocycles. The van der Waals surface area contributed by atoms with E-state index < -0.39 is 0 Å².